The number of nitrogens with zero attached hydrogens (tertiary/aromatic N) is 2. The molecule has 2 atom stereocenters. The lowest BCUT2D eigenvalue weighted by Crippen LogP contribution is -2.36. The van der Waals surface area contributed by atoms with Crippen molar-refractivity contribution in [2.45, 2.75) is 45.2 Å². The number of thiazole rings is 1. The number of aryl methyl sites for hydroxylation is 1. The first kappa shape index (κ1) is 16.9. The first-order valence-electron chi connectivity index (χ1n) is 7.39. The predicted molar refractivity (Wildman–Crippen MR) is 85.2 cm³/mol. The van der Waals surface area contributed by atoms with Crippen molar-refractivity contribution in [2.24, 2.45) is 0 Å². The molecule has 1 aliphatic heterocycles. The Morgan fingerprint density at radius 1 is 1.45 bits per heavy atom. The van der Waals surface area contributed by atoms with Crippen LogP contribution in [0.15, 0.2) is 0 Å². The third-order valence-corrected chi connectivity index (χ3v) is 5.33. The van der Waals surface area contributed by atoms with Gasteiger partial charge in [0.2, 0.25) is 0 Å². The molecule has 22 heavy (non-hydrogen) atoms. The van der Waals surface area contributed by atoms with E-state index >= 15 is 0 Å². The fraction of sp³-hybridized carbons (Fsp3) is 0.667. The summed E-state index contributed by atoms with van der Waals surface area (Å²) in [6, 6.07) is -0.338. The number of aromatic nitrogens is 1. The highest BCUT2D eigenvalue weighted by Crippen LogP contribution is 2.25. The fourth-order valence-electron chi connectivity index (χ4n) is 2.64. The second-order valence-corrected chi connectivity index (χ2v) is 7.04. The second kappa shape index (κ2) is 6.75. The van der Waals surface area contributed by atoms with Crippen molar-refractivity contribution < 1.29 is 14.3 Å². The van der Waals surface area contributed by atoms with Gasteiger partial charge in [0, 0.05) is 18.5 Å². The van der Waals surface area contributed by atoms with Gasteiger partial charge in [0.1, 0.15) is 10.9 Å². The zero-order valence-corrected chi connectivity index (χ0v) is 14.5. The molecule has 1 amide bonds. The molecule has 1 aromatic rings. The number of carbonyl (C=O) groups excluding carboxylic acids is 2. The van der Waals surface area contributed by atoms with Crippen LogP contribution in [0.3, 0.4) is 0 Å². The maximum absolute atomic E-state index is 12.4. The smallest absolute Gasteiger partial charge is 0.323 e. The summed E-state index contributed by atoms with van der Waals surface area (Å²) in [5.41, 5.74) is 0.766. The van der Waals surface area contributed by atoms with E-state index < -0.39 is 0 Å². The van der Waals surface area contributed by atoms with E-state index in [2.05, 4.69) is 24.1 Å². The van der Waals surface area contributed by atoms with Gasteiger partial charge in [-0.3, -0.25) is 14.5 Å². The van der Waals surface area contributed by atoms with Gasteiger partial charge in [0.25, 0.3) is 5.91 Å². The molecule has 1 aromatic heterocycles. The number of ether oxygens (including phenoxy) is 1. The summed E-state index contributed by atoms with van der Waals surface area (Å²) in [5.74, 6) is -0.0484. The average Bonchev–Trinajstić information content (AvgIpc) is 3.01. The van der Waals surface area contributed by atoms with Gasteiger partial charge in [-0.15, -0.1) is 11.3 Å². The fourth-order valence-corrected chi connectivity index (χ4v) is 3.61. The van der Waals surface area contributed by atoms with Crippen LogP contribution in [-0.2, 0) is 9.53 Å². The van der Waals surface area contributed by atoms with Crippen molar-refractivity contribution in [1.82, 2.24) is 15.2 Å². The van der Waals surface area contributed by atoms with Crippen LogP contribution in [0.4, 0.5) is 0 Å². The number of esters is 1. The Bertz CT molecular complexity index is 570. The van der Waals surface area contributed by atoms with Crippen LogP contribution in [-0.4, -0.2) is 54.5 Å². The molecule has 1 fully saturated rings. The summed E-state index contributed by atoms with van der Waals surface area (Å²) in [6.45, 7) is 6.62. The molecule has 0 spiro atoms. The number of nitrogens with one attached hydrogen (secondary N) is 1. The molecule has 1 saturated heterocycles. The number of methoxy groups -OCH3 is 1. The van der Waals surface area contributed by atoms with E-state index in [0.717, 1.165) is 10.7 Å². The van der Waals surface area contributed by atoms with Crippen molar-refractivity contribution in [2.75, 3.05) is 20.7 Å². The quantitative estimate of drug-likeness (QED) is 0.851. The van der Waals surface area contributed by atoms with Crippen LogP contribution in [0.25, 0.3) is 0 Å². The number of amides is 1. The molecule has 2 heterocycles. The van der Waals surface area contributed by atoms with Crippen LogP contribution in [0, 0.1) is 6.92 Å². The number of likely N-dealkylation sites (tertiary alicyclic amines) is 1. The molecule has 0 aromatic carbocycles. The van der Waals surface area contributed by atoms with E-state index in [1.165, 1.54) is 18.4 Å². The highest BCUT2D eigenvalue weighted by atomic mass is 32.1. The molecule has 0 unspecified atom stereocenters. The Labute approximate surface area is 134 Å². The zero-order chi connectivity index (χ0) is 16.4. The van der Waals surface area contributed by atoms with Crippen LogP contribution >= 0.6 is 11.3 Å². The minimum atomic E-state index is -0.288. The first-order chi connectivity index (χ1) is 10.3. The molecule has 2 rings (SSSR count). The maximum Gasteiger partial charge on any atom is 0.323 e. The summed E-state index contributed by atoms with van der Waals surface area (Å²) in [4.78, 5) is 31.1. The summed E-state index contributed by atoms with van der Waals surface area (Å²) in [6.07, 6.45) is 0.573. The Morgan fingerprint density at radius 3 is 2.68 bits per heavy atom. The number of hydrogen-bond donors (Lipinski definition) is 1. The lowest BCUT2D eigenvalue weighted by atomic mass is 10.1. The van der Waals surface area contributed by atoms with Gasteiger partial charge in [-0.2, -0.15) is 0 Å². The zero-order valence-electron chi connectivity index (χ0n) is 13.7. The van der Waals surface area contributed by atoms with E-state index in [1.54, 1.807) is 0 Å². The molecule has 1 N–H and O–H groups in total. The average molecular weight is 325 g/mol. The molecule has 0 bridgehead atoms. The van der Waals surface area contributed by atoms with Gasteiger partial charge in [-0.05, 0) is 20.4 Å². The van der Waals surface area contributed by atoms with E-state index in [1.807, 2.05) is 18.9 Å². The molecular weight excluding hydrogens is 302 g/mol. The van der Waals surface area contributed by atoms with E-state index in [0.29, 0.717) is 23.8 Å². The third-order valence-electron chi connectivity index (χ3n) is 3.87. The van der Waals surface area contributed by atoms with Crippen molar-refractivity contribution in [3.05, 3.63) is 15.6 Å². The lowest BCUT2D eigenvalue weighted by Gasteiger charge is -2.15. The van der Waals surface area contributed by atoms with E-state index in [4.69, 9.17) is 4.74 Å². The number of hydrogen-bond acceptors (Lipinski definition) is 6. The molecular formula is C15H23N3O3S. The van der Waals surface area contributed by atoms with E-state index in [-0.39, 0.29) is 24.0 Å². The Hall–Kier alpha value is -1.47. The largest absolute Gasteiger partial charge is 0.468 e. The minimum absolute atomic E-state index is 0.0504. The lowest BCUT2D eigenvalue weighted by molar-refractivity contribution is -0.145. The van der Waals surface area contributed by atoms with Crippen LogP contribution in [0.1, 0.15) is 46.6 Å². The SMILES string of the molecule is COC(=O)[C@@H]1C[C@@H](NC(=O)c2sc(C(C)C)nc2C)CN1C. The molecule has 1 aliphatic rings. The summed E-state index contributed by atoms with van der Waals surface area (Å²) in [5, 5.41) is 3.98. The number of carbonyl (C=O) groups is 2. The Balaban J connectivity index is 2.03. The minimum Gasteiger partial charge on any atom is -0.468 e. The van der Waals surface area contributed by atoms with Gasteiger partial charge in [-0.25, -0.2) is 4.98 Å². The first-order valence-corrected chi connectivity index (χ1v) is 8.21. The highest BCUT2D eigenvalue weighted by Gasteiger charge is 2.36. The van der Waals surface area contributed by atoms with Gasteiger partial charge < -0.3 is 10.1 Å². The van der Waals surface area contributed by atoms with Crippen molar-refractivity contribution in [3.63, 3.8) is 0 Å². The second-order valence-electron chi connectivity index (χ2n) is 6.01. The van der Waals surface area contributed by atoms with Gasteiger partial charge in [0.15, 0.2) is 0 Å². The Kier molecular flexibility index (Phi) is 5.18. The Morgan fingerprint density at radius 2 is 2.14 bits per heavy atom. The maximum atomic E-state index is 12.4. The van der Waals surface area contributed by atoms with Crippen LogP contribution in [0.5, 0.6) is 0 Å². The summed E-state index contributed by atoms with van der Waals surface area (Å²) >= 11 is 1.44. The molecule has 0 aliphatic carbocycles. The van der Waals surface area contributed by atoms with Gasteiger partial charge in [-0.1, -0.05) is 13.8 Å². The molecule has 6 nitrogen and oxygen atoms in total. The van der Waals surface area contributed by atoms with Gasteiger partial charge in [0.05, 0.1) is 17.8 Å². The third kappa shape index (κ3) is 3.47. The monoisotopic (exact) mass is 325 g/mol. The standard InChI is InChI=1S/C15H23N3O3S/c1-8(2)14-16-9(3)12(22-14)13(19)17-10-6-11(15(20)21-5)18(4)7-10/h8,10-11H,6-7H2,1-5H3,(H,17,19)/t10-,11+/m1/s1. The number of rotatable bonds is 4. The molecule has 7 heteroatoms. The van der Waals surface area contributed by atoms with Crippen molar-refractivity contribution in [3.8, 4) is 0 Å². The highest BCUT2D eigenvalue weighted by molar-refractivity contribution is 7.13. The normalized spacial score (nSPS) is 22.1. The summed E-state index contributed by atoms with van der Waals surface area (Å²) in [7, 11) is 3.25. The predicted octanol–water partition coefficient (Wildman–Crippen LogP) is 1.55. The van der Waals surface area contributed by atoms with Crippen LogP contribution < -0.4 is 5.32 Å². The molecule has 0 saturated carbocycles. The topological polar surface area (TPSA) is 71.5 Å². The summed E-state index contributed by atoms with van der Waals surface area (Å²) < 4.78 is 4.79. The van der Waals surface area contributed by atoms with Crippen molar-refractivity contribution >= 4 is 23.2 Å². The van der Waals surface area contributed by atoms with Crippen LogP contribution in [0.2, 0.25) is 0 Å². The van der Waals surface area contributed by atoms with Crippen molar-refractivity contribution in [1.29, 1.82) is 0 Å². The van der Waals surface area contributed by atoms with E-state index in [9.17, 15) is 9.59 Å². The molecule has 122 valence electrons. The van der Waals surface area contributed by atoms with Gasteiger partial charge >= 0.3 is 5.97 Å². The number of likely N-dealkylation sites (N-methyl/N-ethyl adjacent to an activating group) is 1. The molecule has 0 radical (unpaired) electrons.